The van der Waals surface area contributed by atoms with Gasteiger partial charge >= 0.3 is 0 Å². The van der Waals surface area contributed by atoms with E-state index < -0.39 is 0 Å². The Morgan fingerprint density at radius 3 is 2.60 bits per heavy atom. The van der Waals surface area contributed by atoms with E-state index in [1.165, 1.54) is 11.1 Å². The fraction of sp³-hybridized carbons (Fsp3) is 0.562. The van der Waals surface area contributed by atoms with Crippen LogP contribution in [0.3, 0.4) is 0 Å². The Hall–Kier alpha value is -1.55. The SMILES string of the molecule is CCCN(CC(=O)NC)c1ccc(CNCC)cc1C. The van der Waals surface area contributed by atoms with E-state index in [1.807, 2.05) is 0 Å². The molecule has 0 atom stereocenters. The lowest BCUT2D eigenvalue weighted by Crippen LogP contribution is -2.36. The van der Waals surface area contributed by atoms with E-state index in [0.29, 0.717) is 6.54 Å². The van der Waals surface area contributed by atoms with Crippen molar-refractivity contribution in [2.45, 2.75) is 33.7 Å². The molecule has 0 unspecified atom stereocenters. The summed E-state index contributed by atoms with van der Waals surface area (Å²) in [6.45, 7) is 9.51. The number of hydrogen-bond acceptors (Lipinski definition) is 3. The Morgan fingerprint density at radius 2 is 2.05 bits per heavy atom. The molecule has 1 aromatic rings. The maximum absolute atomic E-state index is 11.6. The lowest BCUT2D eigenvalue weighted by atomic mass is 10.1. The van der Waals surface area contributed by atoms with Gasteiger partial charge in [-0.3, -0.25) is 4.79 Å². The van der Waals surface area contributed by atoms with Crippen molar-refractivity contribution in [2.75, 3.05) is 31.6 Å². The van der Waals surface area contributed by atoms with Crippen LogP contribution in [0.25, 0.3) is 0 Å². The van der Waals surface area contributed by atoms with Crippen LogP contribution in [-0.2, 0) is 11.3 Å². The van der Waals surface area contributed by atoms with Crippen molar-refractivity contribution in [1.82, 2.24) is 10.6 Å². The van der Waals surface area contributed by atoms with Gasteiger partial charge in [-0.2, -0.15) is 0 Å². The molecule has 2 N–H and O–H groups in total. The van der Waals surface area contributed by atoms with Crippen molar-refractivity contribution in [3.8, 4) is 0 Å². The number of likely N-dealkylation sites (N-methyl/N-ethyl adjacent to an activating group) is 1. The zero-order chi connectivity index (χ0) is 15.0. The zero-order valence-corrected chi connectivity index (χ0v) is 13.1. The number of amides is 1. The molecule has 0 aliphatic carbocycles. The van der Waals surface area contributed by atoms with Crippen LogP contribution < -0.4 is 15.5 Å². The van der Waals surface area contributed by atoms with Gasteiger partial charge in [0, 0.05) is 25.8 Å². The number of benzene rings is 1. The Morgan fingerprint density at radius 1 is 1.30 bits per heavy atom. The van der Waals surface area contributed by atoms with E-state index >= 15 is 0 Å². The highest BCUT2D eigenvalue weighted by atomic mass is 16.1. The average Bonchev–Trinajstić information content (AvgIpc) is 2.44. The first-order valence-corrected chi connectivity index (χ1v) is 7.38. The molecule has 0 aliphatic rings. The summed E-state index contributed by atoms with van der Waals surface area (Å²) >= 11 is 0. The molecule has 0 aromatic heterocycles. The van der Waals surface area contributed by atoms with Crippen LogP contribution in [0.1, 0.15) is 31.4 Å². The van der Waals surface area contributed by atoms with Crippen LogP contribution in [0.15, 0.2) is 18.2 Å². The highest BCUT2D eigenvalue weighted by Gasteiger charge is 2.12. The average molecular weight is 277 g/mol. The van der Waals surface area contributed by atoms with E-state index in [9.17, 15) is 4.79 Å². The van der Waals surface area contributed by atoms with Gasteiger partial charge in [-0.05, 0) is 37.1 Å². The van der Waals surface area contributed by atoms with Gasteiger partial charge in [0.2, 0.25) is 5.91 Å². The third kappa shape index (κ3) is 4.85. The molecule has 0 fully saturated rings. The number of anilines is 1. The molecule has 0 spiro atoms. The maximum atomic E-state index is 11.6. The summed E-state index contributed by atoms with van der Waals surface area (Å²) in [7, 11) is 1.68. The fourth-order valence-electron chi connectivity index (χ4n) is 2.26. The minimum Gasteiger partial charge on any atom is -0.362 e. The number of carbonyl (C=O) groups is 1. The smallest absolute Gasteiger partial charge is 0.239 e. The lowest BCUT2D eigenvalue weighted by Gasteiger charge is -2.25. The minimum atomic E-state index is 0.0505. The van der Waals surface area contributed by atoms with E-state index in [1.54, 1.807) is 7.05 Å². The summed E-state index contributed by atoms with van der Waals surface area (Å²) < 4.78 is 0. The third-order valence-corrected chi connectivity index (χ3v) is 3.29. The van der Waals surface area contributed by atoms with Crippen LogP contribution in [0.2, 0.25) is 0 Å². The van der Waals surface area contributed by atoms with Crippen molar-refractivity contribution in [3.63, 3.8) is 0 Å². The lowest BCUT2D eigenvalue weighted by molar-refractivity contribution is -0.119. The second-order valence-corrected chi connectivity index (χ2v) is 5.00. The summed E-state index contributed by atoms with van der Waals surface area (Å²) in [5, 5.41) is 6.02. The second-order valence-electron chi connectivity index (χ2n) is 5.00. The molecule has 0 saturated heterocycles. The van der Waals surface area contributed by atoms with Crippen LogP contribution in [0.5, 0.6) is 0 Å². The highest BCUT2D eigenvalue weighted by Crippen LogP contribution is 2.21. The Labute approximate surface area is 122 Å². The van der Waals surface area contributed by atoms with E-state index in [-0.39, 0.29) is 5.91 Å². The summed E-state index contributed by atoms with van der Waals surface area (Å²) in [6.07, 6.45) is 1.02. The van der Waals surface area contributed by atoms with Crippen LogP contribution in [0.4, 0.5) is 5.69 Å². The molecule has 0 saturated carbocycles. The van der Waals surface area contributed by atoms with E-state index in [4.69, 9.17) is 0 Å². The molecule has 1 amide bonds. The molecule has 20 heavy (non-hydrogen) atoms. The Kier molecular flexibility index (Phi) is 7.09. The Balaban J connectivity index is 2.87. The van der Waals surface area contributed by atoms with Gasteiger partial charge in [0.25, 0.3) is 0 Å². The summed E-state index contributed by atoms with van der Waals surface area (Å²) in [5.74, 6) is 0.0505. The molecule has 1 rings (SSSR count). The molecule has 0 heterocycles. The van der Waals surface area contributed by atoms with Gasteiger partial charge in [-0.1, -0.05) is 26.0 Å². The third-order valence-electron chi connectivity index (χ3n) is 3.29. The van der Waals surface area contributed by atoms with Gasteiger partial charge in [0.15, 0.2) is 0 Å². The molecular formula is C16H27N3O. The van der Waals surface area contributed by atoms with Crippen molar-refractivity contribution in [3.05, 3.63) is 29.3 Å². The van der Waals surface area contributed by atoms with E-state index in [2.05, 4.69) is 54.5 Å². The van der Waals surface area contributed by atoms with Gasteiger partial charge in [-0.15, -0.1) is 0 Å². The molecule has 4 heteroatoms. The van der Waals surface area contributed by atoms with Gasteiger partial charge < -0.3 is 15.5 Å². The maximum Gasteiger partial charge on any atom is 0.239 e. The largest absolute Gasteiger partial charge is 0.362 e. The van der Waals surface area contributed by atoms with Gasteiger partial charge in [0.05, 0.1) is 6.54 Å². The Bertz CT molecular complexity index is 432. The van der Waals surface area contributed by atoms with Crippen molar-refractivity contribution in [2.24, 2.45) is 0 Å². The zero-order valence-electron chi connectivity index (χ0n) is 13.1. The molecule has 4 nitrogen and oxygen atoms in total. The minimum absolute atomic E-state index is 0.0505. The summed E-state index contributed by atoms with van der Waals surface area (Å²) in [5.41, 5.74) is 3.65. The number of carbonyl (C=O) groups excluding carboxylic acids is 1. The summed E-state index contributed by atoms with van der Waals surface area (Å²) in [6, 6.07) is 6.46. The fourth-order valence-corrected chi connectivity index (χ4v) is 2.26. The van der Waals surface area contributed by atoms with Crippen LogP contribution in [-0.4, -0.2) is 32.6 Å². The number of rotatable bonds is 8. The van der Waals surface area contributed by atoms with Crippen molar-refractivity contribution < 1.29 is 4.79 Å². The molecule has 0 bridgehead atoms. The van der Waals surface area contributed by atoms with Crippen molar-refractivity contribution in [1.29, 1.82) is 0 Å². The highest BCUT2D eigenvalue weighted by molar-refractivity contribution is 5.81. The van der Waals surface area contributed by atoms with Crippen LogP contribution in [0, 0.1) is 6.92 Å². The monoisotopic (exact) mass is 277 g/mol. The topological polar surface area (TPSA) is 44.4 Å². The molecule has 0 radical (unpaired) electrons. The number of nitrogens with zero attached hydrogens (tertiary/aromatic N) is 1. The normalized spacial score (nSPS) is 10.4. The van der Waals surface area contributed by atoms with Crippen LogP contribution >= 0.6 is 0 Å². The van der Waals surface area contributed by atoms with Crippen molar-refractivity contribution >= 4 is 11.6 Å². The van der Waals surface area contributed by atoms with Gasteiger partial charge in [-0.25, -0.2) is 0 Å². The predicted octanol–water partition coefficient (Wildman–Crippen LogP) is 2.07. The second kappa shape index (κ2) is 8.59. The standard InChI is InChI=1S/C16H27N3O/c1-5-9-19(12-16(20)17-4)15-8-7-14(10-13(15)3)11-18-6-2/h7-8,10,18H,5-6,9,11-12H2,1-4H3,(H,17,20). The number of hydrogen-bond donors (Lipinski definition) is 2. The first-order chi connectivity index (χ1) is 9.62. The van der Waals surface area contributed by atoms with E-state index in [0.717, 1.165) is 31.7 Å². The summed E-state index contributed by atoms with van der Waals surface area (Å²) in [4.78, 5) is 13.8. The molecular weight excluding hydrogens is 250 g/mol. The first kappa shape index (κ1) is 16.5. The molecule has 0 aliphatic heterocycles. The molecule has 1 aromatic carbocycles. The number of aryl methyl sites for hydroxylation is 1. The number of nitrogens with one attached hydrogen (secondary N) is 2. The molecule has 112 valence electrons. The predicted molar refractivity (Wildman–Crippen MR) is 85.1 cm³/mol. The first-order valence-electron chi connectivity index (χ1n) is 7.38. The quantitative estimate of drug-likeness (QED) is 0.764. The van der Waals surface area contributed by atoms with Gasteiger partial charge in [0.1, 0.15) is 0 Å².